The number of ether oxygens (including phenoxy) is 1. The number of rotatable bonds is 3. The van der Waals surface area contributed by atoms with Gasteiger partial charge in [-0.2, -0.15) is 8.42 Å². The quantitative estimate of drug-likeness (QED) is 0.634. The van der Waals surface area contributed by atoms with Crippen LogP contribution in [0.2, 0.25) is 0 Å². The number of sulfonamides is 1. The van der Waals surface area contributed by atoms with Gasteiger partial charge >= 0.3 is 0 Å². The predicted molar refractivity (Wildman–Crippen MR) is 93.7 cm³/mol. The second kappa shape index (κ2) is 7.15. The second-order valence-electron chi connectivity index (χ2n) is 5.62. The van der Waals surface area contributed by atoms with E-state index < -0.39 is 10.0 Å². The minimum Gasteiger partial charge on any atom is -0.378 e. The van der Waals surface area contributed by atoms with E-state index in [0.717, 1.165) is 5.56 Å². The molecule has 1 saturated heterocycles. The van der Waals surface area contributed by atoms with Crippen LogP contribution < -0.4 is 0 Å². The summed E-state index contributed by atoms with van der Waals surface area (Å²) >= 11 is 0. The molecule has 24 heavy (non-hydrogen) atoms. The number of nitrogens with zero attached hydrogens (tertiary/aromatic N) is 2. The molecular weight excluding hydrogens is 324 g/mol. The predicted octanol–water partition coefficient (Wildman–Crippen LogP) is 2.46. The Labute approximate surface area is 142 Å². The lowest BCUT2D eigenvalue weighted by Gasteiger charge is -2.29. The van der Waals surface area contributed by atoms with Crippen molar-refractivity contribution in [2.24, 2.45) is 4.40 Å². The first-order valence-corrected chi connectivity index (χ1v) is 9.31. The van der Waals surface area contributed by atoms with Gasteiger partial charge in [-0.25, -0.2) is 0 Å². The first-order valence-electron chi connectivity index (χ1n) is 7.87. The van der Waals surface area contributed by atoms with Gasteiger partial charge in [0.2, 0.25) is 0 Å². The van der Waals surface area contributed by atoms with Crippen molar-refractivity contribution in [3.05, 3.63) is 65.7 Å². The molecule has 0 bridgehead atoms. The highest BCUT2D eigenvalue weighted by Gasteiger charge is 2.22. The van der Waals surface area contributed by atoms with Crippen molar-refractivity contribution in [3.63, 3.8) is 0 Å². The normalized spacial score (nSPS) is 16.2. The molecule has 0 N–H and O–H groups in total. The average Bonchev–Trinajstić information content (AvgIpc) is 2.61. The summed E-state index contributed by atoms with van der Waals surface area (Å²) in [7, 11) is -3.78. The summed E-state index contributed by atoms with van der Waals surface area (Å²) in [4.78, 5) is 2.21. The molecule has 1 aliphatic heterocycles. The molecule has 0 spiro atoms. The van der Waals surface area contributed by atoms with Crippen LogP contribution in [-0.2, 0) is 14.8 Å². The molecule has 1 aliphatic rings. The first-order chi connectivity index (χ1) is 11.6. The van der Waals surface area contributed by atoms with Crippen molar-refractivity contribution in [2.45, 2.75) is 11.8 Å². The molecule has 0 aliphatic carbocycles. The number of hydrogen-bond donors (Lipinski definition) is 0. The Morgan fingerprint density at radius 3 is 2.29 bits per heavy atom. The molecule has 0 aromatic heterocycles. The summed E-state index contributed by atoms with van der Waals surface area (Å²) in [5, 5.41) is 0. The lowest BCUT2D eigenvalue weighted by Crippen LogP contribution is -2.41. The maximum Gasteiger partial charge on any atom is 0.284 e. The van der Waals surface area contributed by atoms with Gasteiger partial charge in [0.15, 0.2) is 0 Å². The van der Waals surface area contributed by atoms with E-state index in [0.29, 0.717) is 37.7 Å². The molecule has 3 rings (SSSR count). The Morgan fingerprint density at radius 1 is 1.00 bits per heavy atom. The molecule has 5 nitrogen and oxygen atoms in total. The molecule has 0 unspecified atom stereocenters. The van der Waals surface area contributed by atoms with E-state index in [1.54, 1.807) is 25.1 Å². The Morgan fingerprint density at radius 2 is 1.62 bits per heavy atom. The molecule has 0 radical (unpaired) electrons. The van der Waals surface area contributed by atoms with Gasteiger partial charge in [0.25, 0.3) is 10.0 Å². The molecule has 1 fully saturated rings. The van der Waals surface area contributed by atoms with Crippen molar-refractivity contribution in [1.82, 2.24) is 4.90 Å². The molecule has 6 heteroatoms. The molecule has 0 atom stereocenters. The van der Waals surface area contributed by atoms with E-state index in [1.807, 2.05) is 41.3 Å². The van der Waals surface area contributed by atoms with E-state index >= 15 is 0 Å². The maximum atomic E-state index is 12.8. The lowest BCUT2D eigenvalue weighted by atomic mass is 10.2. The SMILES string of the molecule is Cc1ccccc1S(=O)(=O)/N=C(\c1ccccc1)N1CCOCC1. The van der Waals surface area contributed by atoms with Crippen molar-refractivity contribution in [1.29, 1.82) is 0 Å². The van der Waals surface area contributed by atoms with Crippen LogP contribution in [0.3, 0.4) is 0 Å². The van der Waals surface area contributed by atoms with Gasteiger partial charge in [-0.3, -0.25) is 0 Å². The third-order valence-corrected chi connectivity index (χ3v) is 5.35. The largest absolute Gasteiger partial charge is 0.378 e. The van der Waals surface area contributed by atoms with Gasteiger partial charge < -0.3 is 9.64 Å². The fourth-order valence-corrected chi connectivity index (χ4v) is 3.94. The van der Waals surface area contributed by atoms with E-state index in [9.17, 15) is 8.42 Å². The molecule has 0 amide bonds. The standard InChI is InChI=1S/C18H20N2O3S/c1-15-7-5-6-10-17(15)24(21,22)19-18(16-8-3-2-4-9-16)20-11-13-23-14-12-20/h2-10H,11-14H2,1H3/b19-18+. The zero-order valence-corrected chi connectivity index (χ0v) is 14.4. The molecule has 0 saturated carbocycles. The highest BCUT2D eigenvalue weighted by Crippen LogP contribution is 2.19. The topological polar surface area (TPSA) is 59.0 Å². The number of amidine groups is 1. The zero-order chi connectivity index (χ0) is 17.0. The van der Waals surface area contributed by atoms with E-state index in [2.05, 4.69) is 4.40 Å². The minimum absolute atomic E-state index is 0.242. The fraction of sp³-hybridized carbons (Fsp3) is 0.278. The van der Waals surface area contributed by atoms with Crippen LogP contribution in [0.25, 0.3) is 0 Å². The van der Waals surface area contributed by atoms with Crippen molar-refractivity contribution < 1.29 is 13.2 Å². The van der Waals surface area contributed by atoms with Crippen LogP contribution in [0, 0.1) is 6.92 Å². The molecule has 2 aromatic carbocycles. The van der Waals surface area contributed by atoms with Crippen LogP contribution in [0.15, 0.2) is 63.9 Å². The van der Waals surface area contributed by atoms with Gasteiger partial charge in [-0.05, 0) is 18.6 Å². The summed E-state index contributed by atoms with van der Waals surface area (Å²) in [5.41, 5.74) is 1.48. The Balaban J connectivity index is 2.07. The number of benzene rings is 2. The second-order valence-corrected chi connectivity index (χ2v) is 7.19. The van der Waals surface area contributed by atoms with Gasteiger partial charge in [0.05, 0.1) is 18.1 Å². The summed E-state index contributed by atoms with van der Waals surface area (Å²) in [6.45, 7) is 4.15. The highest BCUT2D eigenvalue weighted by molar-refractivity contribution is 7.90. The number of morpholine rings is 1. The summed E-state index contributed by atoms with van der Waals surface area (Å²) in [6.07, 6.45) is 0. The lowest BCUT2D eigenvalue weighted by molar-refractivity contribution is 0.0683. The summed E-state index contributed by atoms with van der Waals surface area (Å²) in [5.74, 6) is 0.474. The van der Waals surface area contributed by atoms with Crippen LogP contribution in [0.5, 0.6) is 0 Å². The van der Waals surface area contributed by atoms with Gasteiger partial charge in [0.1, 0.15) is 5.84 Å². The monoisotopic (exact) mass is 344 g/mol. The van der Waals surface area contributed by atoms with E-state index in [1.165, 1.54) is 0 Å². The van der Waals surface area contributed by atoms with Crippen LogP contribution >= 0.6 is 0 Å². The first kappa shape index (κ1) is 16.7. The summed E-state index contributed by atoms with van der Waals surface area (Å²) in [6, 6.07) is 16.3. The Kier molecular flexibility index (Phi) is 4.97. The van der Waals surface area contributed by atoms with Crippen LogP contribution in [0.4, 0.5) is 0 Å². The van der Waals surface area contributed by atoms with Crippen molar-refractivity contribution in [3.8, 4) is 0 Å². The molecule has 126 valence electrons. The summed E-state index contributed by atoms with van der Waals surface area (Å²) < 4.78 is 35.2. The smallest absolute Gasteiger partial charge is 0.284 e. The Bertz CT molecular complexity index is 826. The molecule has 1 heterocycles. The van der Waals surface area contributed by atoms with Gasteiger partial charge in [0, 0.05) is 18.7 Å². The zero-order valence-electron chi connectivity index (χ0n) is 13.6. The van der Waals surface area contributed by atoms with Gasteiger partial charge in [-0.1, -0.05) is 48.5 Å². The highest BCUT2D eigenvalue weighted by atomic mass is 32.2. The fourth-order valence-electron chi connectivity index (χ4n) is 2.66. The molecule has 2 aromatic rings. The molecular formula is C18H20N2O3S. The Hall–Kier alpha value is -2.18. The van der Waals surface area contributed by atoms with E-state index in [-0.39, 0.29) is 4.90 Å². The number of hydrogen-bond acceptors (Lipinski definition) is 3. The minimum atomic E-state index is -3.78. The van der Waals surface area contributed by atoms with Crippen molar-refractivity contribution in [2.75, 3.05) is 26.3 Å². The third-order valence-electron chi connectivity index (χ3n) is 3.92. The van der Waals surface area contributed by atoms with Crippen LogP contribution in [0.1, 0.15) is 11.1 Å². The van der Waals surface area contributed by atoms with Gasteiger partial charge in [-0.15, -0.1) is 4.40 Å². The van der Waals surface area contributed by atoms with Crippen LogP contribution in [-0.4, -0.2) is 45.5 Å². The van der Waals surface area contributed by atoms with E-state index in [4.69, 9.17) is 4.74 Å². The maximum absolute atomic E-state index is 12.8. The average molecular weight is 344 g/mol. The van der Waals surface area contributed by atoms with Crippen molar-refractivity contribution >= 4 is 15.9 Å². The number of aryl methyl sites for hydroxylation is 1. The third kappa shape index (κ3) is 3.66.